The third-order valence-corrected chi connectivity index (χ3v) is 4.17. The molecule has 13 heavy (non-hydrogen) atoms. The SMILES string of the molecule is CC1NC2(C(=O)NC2C)C(C)C1C. The number of β-lactam (4-membered cyclic amide) rings is 1. The lowest BCUT2D eigenvalue weighted by Crippen LogP contribution is -2.78. The van der Waals surface area contributed by atoms with Gasteiger partial charge in [-0.25, -0.2) is 0 Å². The molecule has 2 N–H and O–H groups in total. The summed E-state index contributed by atoms with van der Waals surface area (Å²) in [6.45, 7) is 8.63. The van der Waals surface area contributed by atoms with Crippen LogP contribution in [0.3, 0.4) is 0 Å². The summed E-state index contributed by atoms with van der Waals surface area (Å²) in [4.78, 5) is 11.6. The third-order valence-electron chi connectivity index (χ3n) is 4.17. The Hall–Kier alpha value is -0.570. The van der Waals surface area contributed by atoms with E-state index in [2.05, 4.69) is 38.3 Å². The zero-order valence-electron chi connectivity index (χ0n) is 8.72. The zero-order valence-corrected chi connectivity index (χ0v) is 8.72. The molecule has 3 heteroatoms. The minimum absolute atomic E-state index is 0.184. The summed E-state index contributed by atoms with van der Waals surface area (Å²) in [5.74, 6) is 1.20. The van der Waals surface area contributed by atoms with Crippen LogP contribution in [-0.2, 0) is 4.79 Å². The number of nitrogens with one attached hydrogen (secondary N) is 2. The largest absolute Gasteiger partial charge is 0.350 e. The molecule has 2 saturated heterocycles. The summed E-state index contributed by atoms with van der Waals surface area (Å²) < 4.78 is 0. The Morgan fingerprint density at radius 1 is 1.23 bits per heavy atom. The number of carbonyl (C=O) groups excluding carboxylic acids is 1. The van der Waals surface area contributed by atoms with Gasteiger partial charge in [0.2, 0.25) is 5.91 Å². The van der Waals surface area contributed by atoms with Gasteiger partial charge in [0.15, 0.2) is 0 Å². The van der Waals surface area contributed by atoms with Crippen LogP contribution in [0, 0.1) is 11.8 Å². The first-order valence-electron chi connectivity index (χ1n) is 5.08. The van der Waals surface area contributed by atoms with E-state index in [1.165, 1.54) is 0 Å². The lowest BCUT2D eigenvalue weighted by molar-refractivity contribution is -0.140. The van der Waals surface area contributed by atoms with Crippen molar-refractivity contribution in [2.75, 3.05) is 0 Å². The van der Waals surface area contributed by atoms with Crippen LogP contribution in [0.25, 0.3) is 0 Å². The molecule has 0 aromatic heterocycles. The van der Waals surface area contributed by atoms with Gasteiger partial charge < -0.3 is 5.32 Å². The van der Waals surface area contributed by atoms with Crippen LogP contribution in [0.15, 0.2) is 0 Å². The molecule has 2 heterocycles. The highest BCUT2D eigenvalue weighted by Crippen LogP contribution is 2.41. The van der Waals surface area contributed by atoms with Gasteiger partial charge in [-0.1, -0.05) is 13.8 Å². The highest BCUT2D eigenvalue weighted by Gasteiger charge is 2.61. The highest BCUT2D eigenvalue weighted by atomic mass is 16.2. The number of hydrogen-bond donors (Lipinski definition) is 2. The maximum atomic E-state index is 11.6. The molecule has 74 valence electrons. The van der Waals surface area contributed by atoms with Crippen molar-refractivity contribution in [1.29, 1.82) is 0 Å². The molecule has 0 radical (unpaired) electrons. The van der Waals surface area contributed by atoms with Crippen molar-refractivity contribution in [3.63, 3.8) is 0 Å². The summed E-state index contributed by atoms with van der Waals surface area (Å²) in [5, 5.41) is 6.36. The predicted molar refractivity (Wildman–Crippen MR) is 51.3 cm³/mol. The van der Waals surface area contributed by atoms with Gasteiger partial charge in [0, 0.05) is 6.04 Å². The average Bonchev–Trinajstić information content (AvgIpc) is 2.32. The molecule has 3 nitrogen and oxygen atoms in total. The lowest BCUT2D eigenvalue weighted by atomic mass is 9.71. The molecule has 2 aliphatic heterocycles. The molecular weight excluding hydrogens is 164 g/mol. The standard InChI is InChI=1S/C10H18N2O/c1-5-6(2)10(12-7(5)3)8(4)11-9(10)13/h5-8,12H,1-4H3,(H,11,13). The molecule has 1 spiro atoms. The Morgan fingerprint density at radius 2 is 1.85 bits per heavy atom. The lowest BCUT2D eigenvalue weighted by Gasteiger charge is -2.48. The molecule has 0 aromatic carbocycles. The van der Waals surface area contributed by atoms with E-state index in [4.69, 9.17) is 0 Å². The van der Waals surface area contributed by atoms with Crippen molar-refractivity contribution >= 4 is 5.91 Å². The van der Waals surface area contributed by atoms with Gasteiger partial charge in [-0.05, 0) is 25.7 Å². The minimum atomic E-state index is -0.265. The molecule has 0 aliphatic carbocycles. The van der Waals surface area contributed by atoms with E-state index >= 15 is 0 Å². The average molecular weight is 182 g/mol. The van der Waals surface area contributed by atoms with Crippen LogP contribution in [-0.4, -0.2) is 23.5 Å². The Labute approximate surface area is 79.3 Å². The van der Waals surface area contributed by atoms with Crippen LogP contribution >= 0.6 is 0 Å². The van der Waals surface area contributed by atoms with Gasteiger partial charge in [0.1, 0.15) is 5.54 Å². The fraction of sp³-hybridized carbons (Fsp3) is 0.900. The molecular formula is C10H18N2O. The summed E-state index contributed by atoms with van der Waals surface area (Å²) in [5.41, 5.74) is -0.265. The molecule has 5 atom stereocenters. The second kappa shape index (κ2) is 2.47. The van der Waals surface area contributed by atoms with Crippen molar-refractivity contribution in [3.05, 3.63) is 0 Å². The van der Waals surface area contributed by atoms with Crippen molar-refractivity contribution < 1.29 is 4.79 Å². The molecule has 0 aromatic rings. The molecule has 5 unspecified atom stereocenters. The van der Waals surface area contributed by atoms with Crippen molar-refractivity contribution in [2.45, 2.75) is 45.3 Å². The normalized spacial score (nSPS) is 54.9. The molecule has 0 saturated carbocycles. The van der Waals surface area contributed by atoms with E-state index in [0.717, 1.165) is 0 Å². The maximum Gasteiger partial charge on any atom is 0.243 e. The maximum absolute atomic E-state index is 11.6. The minimum Gasteiger partial charge on any atom is -0.350 e. The monoisotopic (exact) mass is 182 g/mol. The second-order valence-corrected chi connectivity index (χ2v) is 4.64. The van der Waals surface area contributed by atoms with E-state index < -0.39 is 0 Å². The first-order valence-corrected chi connectivity index (χ1v) is 5.08. The van der Waals surface area contributed by atoms with Gasteiger partial charge >= 0.3 is 0 Å². The zero-order chi connectivity index (χ0) is 9.80. The number of hydrogen-bond acceptors (Lipinski definition) is 2. The topological polar surface area (TPSA) is 41.1 Å². The summed E-state index contributed by atoms with van der Waals surface area (Å²) in [6.07, 6.45) is 0. The second-order valence-electron chi connectivity index (χ2n) is 4.64. The summed E-state index contributed by atoms with van der Waals surface area (Å²) in [7, 11) is 0. The fourth-order valence-electron chi connectivity index (χ4n) is 2.83. The van der Waals surface area contributed by atoms with Crippen LogP contribution < -0.4 is 10.6 Å². The fourth-order valence-corrected chi connectivity index (χ4v) is 2.83. The summed E-state index contributed by atoms with van der Waals surface area (Å²) >= 11 is 0. The van der Waals surface area contributed by atoms with Crippen LogP contribution in [0.2, 0.25) is 0 Å². The van der Waals surface area contributed by atoms with Crippen LogP contribution in [0.1, 0.15) is 27.7 Å². The van der Waals surface area contributed by atoms with Gasteiger partial charge in [-0.2, -0.15) is 0 Å². The van der Waals surface area contributed by atoms with Crippen LogP contribution in [0.4, 0.5) is 0 Å². The highest BCUT2D eigenvalue weighted by molar-refractivity contribution is 5.94. The third kappa shape index (κ3) is 0.857. The molecule has 1 amide bonds. The van der Waals surface area contributed by atoms with Gasteiger partial charge in [-0.15, -0.1) is 0 Å². The Kier molecular flexibility index (Phi) is 1.71. The smallest absolute Gasteiger partial charge is 0.243 e. The molecule has 2 fully saturated rings. The van der Waals surface area contributed by atoms with E-state index in [-0.39, 0.29) is 17.5 Å². The Balaban J connectivity index is 2.30. The predicted octanol–water partition coefficient (Wildman–Crippen LogP) is 0.507. The van der Waals surface area contributed by atoms with E-state index in [1.807, 2.05) is 0 Å². The van der Waals surface area contributed by atoms with Crippen molar-refractivity contribution in [1.82, 2.24) is 10.6 Å². The first-order chi connectivity index (χ1) is 6.00. The number of rotatable bonds is 0. The molecule has 2 rings (SSSR count). The van der Waals surface area contributed by atoms with Crippen molar-refractivity contribution in [2.24, 2.45) is 11.8 Å². The quantitative estimate of drug-likeness (QED) is 0.536. The summed E-state index contributed by atoms with van der Waals surface area (Å²) in [6, 6.07) is 0.728. The van der Waals surface area contributed by atoms with E-state index in [9.17, 15) is 4.79 Å². The number of amides is 1. The number of carbonyl (C=O) groups is 1. The van der Waals surface area contributed by atoms with E-state index in [1.54, 1.807) is 0 Å². The van der Waals surface area contributed by atoms with Gasteiger partial charge in [0.25, 0.3) is 0 Å². The molecule has 2 aliphatic rings. The van der Waals surface area contributed by atoms with Gasteiger partial charge in [0.05, 0.1) is 6.04 Å². The Morgan fingerprint density at radius 3 is 2.08 bits per heavy atom. The van der Waals surface area contributed by atoms with Gasteiger partial charge in [-0.3, -0.25) is 10.1 Å². The van der Waals surface area contributed by atoms with Crippen molar-refractivity contribution in [3.8, 4) is 0 Å². The first kappa shape index (κ1) is 9.00. The van der Waals surface area contributed by atoms with Crippen LogP contribution in [0.5, 0.6) is 0 Å². The molecule has 0 bridgehead atoms. The Bertz CT molecular complexity index is 253. The van der Waals surface area contributed by atoms with E-state index in [0.29, 0.717) is 17.9 Å².